The van der Waals surface area contributed by atoms with Crippen LogP contribution in [0.2, 0.25) is 10.0 Å². The van der Waals surface area contributed by atoms with E-state index in [2.05, 4.69) is 25.7 Å². The van der Waals surface area contributed by atoms with Crippen molar-refractivity contribution in [3.63, 3.8) is 0 Å². The summed E-state index contributed by atoms with van der Waals surface area (Å²) in [5, 5.41) is 16.5. The maximum Gasteiger partial charge on any atom is 0.241 e. The Balaban J connectivity index is 1.37. The zero-order chi connectivity index (χ0) is 30.1. The van der Waals surface area contributed by atoms with Gasteiger partial charge in [-0.05, 0) is 37.0 Å². The number of methoxy groups -OCH3 is 2. The molecule has 1 saturated carbocycles. The van der Waals surface area contributed by atoms with Crippen LogP contribution in [0.5, 0.6) is 11.5 Å². The molecule has 3 aromatic heterocycles. The Kier molecular flexibility index (Phi) is 8.18. The van der Waals surface area contributed by atoms with Crippen molar-refractivity contribution in [1.29, 1.82) is 0 Å². The number of aromatic nitrogens is 4. The van der Waals surface area contributed by atoms with E-state index in [9.17, 15) is 4.79 Å². The topological polar surface area (TPSA) is 143 Å². The second kappa shape index (κ2) is 12.2. The molecular formula is C30H32Cl2N8O3. The minimum absolute atomic E-state index is 0.0141. The summed E-state index contributed by atoms with van der Waals surface area (Å²) in [4.78, 5) is 23.4. The first-order valence-corrected chi connectivity index (χ1v) is 14.7. The molecule has 1 amide bonds. The van der Waals surface area contributed by atoms with Crippen molar-refractivity contribution in [1.82, 2.24) is 20.2 Å². The molecule has 224 valence electrons. The average molecular weight is 624 g/mol. The Bertz CT molecular complexity index is 1650. The minimum Gasteiger partial charge on any atom is -0.495 e. The maximum absolute atomic E-state index is 11.5. The zero-order valence-electron chi connectivity index (χ0n) is 23.7. The molecule has 2 aliphatic rings. The van der Waals surface area contributed by atoms with Crippen LogP contribution in [-0.2, 0) is 4.79 Å². The van der Waals surface area contributed by atoms with Gasteiger partial charge in [0.15, 0.2) is 0 Å². The number of anilines is 3. The molecule has 2 atom stereocenters. The third kappa shape index (κ3) is 6.14. The summed E-state index contributed by atoms with van der Waals surface area (Å²) in [7, 11) is 3.08. The highest BCUT2D eigenvalue weighted by Crippen LogP contribution is 2.46. The van der Waals surface area contributed by atoms with Crippen LogP contribution >= 0.6 is 23.2 Å². The second-order valence-corrected chi connectivity index (χ2v) is 11.5. The molecule has 0 radical (unpaired) electrons. The van der Waals surface area contributed by atoms with Crippen molar-refractivity contribution in [3.05, 3.63) is 59.0 Å². The number of primary amides is 1. The van der Waals surface area contributed by atoms with Crippen molar-refractivity contribution in [2.24, 2.45) is 17.6 Å². The normalized spacial score (nSPS) is 18.4. The van der Waals surface area contributed by atoms with Gasteiger partial charge in [-0.2, -0.15) is 5.10 Å². The molecule has 4 heterocycles. The Morgan fingerprint density at radius 1 is 1.14 bits per heavy atom. The first-order valence-electron chi connectivity index (χ1n) is 14.0. The lowest BCUT2D eigenvalue weighted by atomic mass is 10.0. The lowest BCUT2D eigenvalue weighted by Crippen LogP contribution is -2.29. The summed E-state index contributed by atoms with van der Waals surface area (Å²) < 4.78 is 11.0. The lowest BCUT2D eigenvalue weighted by molar-refractivity contribution is -0.113. The summed E-state index contributed by atoms with van der Waals surface area (Å²) in [6.45, 7) is 2.19. The number of pyridine rings is 2. The smallest absolute Gasteiger partial charge is 0.241 e. The van der Waals surface area contributed by atoms with E-state index in [0.29, 0.717) is 63.4 Å². The number of carbonyl (C=O) groups is 1. The first-order chi connectivity index (χ1) is 20.8. The quantitative estimate of drug-likeness (QED) is 0.167. The summed E-state index contributed by atoms with van der Waals surface area (Å²) in [6, 6.07) is 5.53. The standard InChI is InChI=1S/C30H32Cl2N8O3/c1-42-23-9-24(43-2)29(32)27(28(23)31)21-7-18-11-34-26(8-20(18)30(39-21)35-10-16-3-4-16)38-22-15-40(19-12-36-37-13-19)14-17(22)5-6-25(33)41/h5-9,11-13,16-17,22H,3-4,10,14-15H2,1-2H3,(H2,33,41)(H,34,38)(H,35,39)(H,36,37)/t17-,22-/m0/s1. The highest BCUT2D eigenvalue weighted by molar-refractivity contribution is 6.41. The van der Waals surface area contributed by atoms with Gasteiger partial charge in [-0.25, -0.2) is 9.97 Å². The number of hydrogen-bond donors (Lipinski definition) is 4. The van der Waals surface area contributed by atoms with Gasteiger partial charge in [0.1, 0.15) is 23.1 Å². The van der Waals surface area contributed by atoms with Gasteiger partial charge in [0, 0.05) is 60.3 Å². The van der Waals surface area contributed by atoms with Crippen LogP contribution in [-0.4, -0.2) is 66.0 Å². The molecule has 5 N–H and O–H groups in total. The second-order valence-electron chi connectivity index (χ2n) is 10.8. The van der Waals surface area contributed by atoms with Crippen LogP contribution in [0, 0.1) is 11.8 Å². The van der Waals surface area contributed by atoms with Gasteiger partial charge < -0.3 is 30.7 Å². The zero-order valence-corrected chi connectivity index (χ0v) is 25.2. The van der Waals surface area contributed by atoms with Gasteiger partial charge in [0.05, 0.1) is 47.9 Å². The largest absolute Gasteiger partial charge is 0.495 e. The minimum atomic E-state index is -0.480. The molecule has 1 aromatic carbocycles. The molecule has 0 unspecified atom stereocenters. The van der Waals surface area contributed by atoms with Crippen LogP contribution in [0.4, 0.5) is 17.3 Å². The molecule has 0 bridgehead atoms. The number of carbonyl (C=O) groups excluding carboxylic acids is 1. The highest BCUT2D eigenvalue weighted by Gasteiger charge is 2.32. The summed E-state index contributed by atoms with van der Waals surface area (Å²) in [5.41, 5.74) is 7.47. The Labute approximate surface area is 258 Å². The summed E-state index contributed by atoms with van der Waals surface area (Å²) in [5.74, 6) is 2.42. The van der Waals surface area contributed by atoms with Crippen molar-refractivity contribution < 1.29 is 14.3 Å². The molecular weight excluding hydrogens is 591 g/mol. The number of nitrogens with one attached hydrogen (secondary N) is 3. The van der Waals surface area contributed by atoms with Crippen LogP contribution in [0.3, 0.4) is 0 Å². The number of ether oxygens (including phenoxy) is 2. The number of halogens is 2. The third-order valence-electron chi connectivity index (χ3n) is 7.85. The van der Waals surface area contributed by atoms with E-state index in [1.807, 2.05) is 24.4 Å². The average Bonchev–Trinajstić information content (AvgIpc) is 3.49. The molecule has 1 aliphatic carbocycles. The predicted octanol–water partition coefficient (Wildman–Crippen LogP) is 5.12. The molecule has 11 nitrogen and oxygen atoms in total. The van der Waals surface area contributed by atoms with Crippen LogP contribution in [0.15, 0.2) is 48.9 Å². The summed E-state index contributed by atoms with van der Waals surface area (Å²) >= 11 is 13.5. The van der Waals surface area contributed by atoms with Crippen molar-refractivity contribution >= 4 is 57.2 Å². The van der Waals surface area contributed by atoms with Gasteiger partial charge >= 0.3 is 0 Å². The van der Waals surface area contributed by atoms with Gasteiger partial charge in [-0.1, -0.05) is 29.3 Å². The Hall–Kier alpha value is -4.22. The van der Waals surface area contributed by atoms with E-state index in [1.165, 1.54) is 18.9 Å². The molecule has 6 rings (SSSR count). The van der Waals surface area contributed by atoms with E-state index in [-0.39, 0.29) is 12.0 Å². The van der Waals surface area contributed by atoms with Crippen LogP contribution < -0.4 is 30.7 Å². The molecule has 0 spiro atoms. The van der Waals surface area contributed by atoms with Crippen molar-refractivity contribution in [2.75, 3.05) is 49.4 Å². The van der Waals surface area contributed by atoms with Gasteiger partial charge in [0.25, 0.3) is 0 Å². The highest BCUT2D eigenvalue weighted by atomic mass is 35.5. The fraction of sp³-hybridized carbons (Fsp3) is 0.333. The van der Waals surface area contributed by atoms with Gasteiger partial charge in [-0.15, -0.1) is 0 Å². The Morgan fingerprint density at radius 2 is 1.91 bits per heavy atom. The lowest BCUT2D eigenvalue weighted by Gasteiger charge is -2.19. The van der Waals surface area contributed by atoms with Crippen LogP contribution in [0.1, 0.15) is 12.8 Å². The van der Waals surface area contributed by atoms with Crippen molar-refractivity contribution in [3.8, 4) is 22.8 Å². The predicted molar refractivity (Wildman–Crippen MR) is 169 cm³/mol. The monoisotopic (exact) mass is 622 g/mol. The number of nitrogens with zero attached hydrogens (tertiary/aromatic N) is 4. The number of benzene rings is 1. The molecule has 4 aromatic rings. The van der Waals surface area contributed by atoms with E-state index in [4.69, 9.17) is 48.4 Å². The first kappa shape index (κ1) is 28.9. The molecule has 1 saturated heterocycles. The molecule has 2 fully saturated rings. The fourth-order valence-electron chi connectivity index (χ4n) is 5.37. The number of amides is 1. The number of fused-ring (bicyclic) bond motifs is 1. The number of hydrogen-bond acceptors (Lipinski definition) is 9. The van der Waals surface area contributed by atoms with E-state index >= 15 is 0 Å². The third-order valence-corrected chi connectivity index (χ3v) is 8.60. The molecule has 43 heavy (non-hydrogen) atoms. The van der Waals surface area contributed by atoms with Gasteiger partial charge in [0.2, 0.25) is 5.91 Å². The summed E-state index contributed by atoms with van der Waals surface area (Å²) in [6.07, 6.45) is 11.1. The molecule has 1 aliphatic heterocycles. The fourth-order valence-corrected chi connectivity index (χ4v) is 6.07. The Morgan fingerprint density at radius 3 is 2.56 bits per heavy atom. The van der Waals surface area contributed by atoms with E-state index < -0.39 is 5.91 Å². The van der Waals surface area contributed by atoms with Crippen LogP contribution in [0.25, 0.3) is 22.0 Å². The number of rotatable bonds is 11. The SMILES string of the molecule is COc1cc(OC)c(Cl)c(-c2cc3cnc(N[C@H]4CN(c5cn[nH]c5)C[C@@H]4C=CC(N)=O)cc3c(NCC3CC3)n2)c1Cl. The van der Waals surface area contributed by atoms with Crippen molar-refractivity contribution in [2.45, 2.75) is 18.9 Å². The molecule has 13 heteroatoms. The van der Waals surface area contributed by atoms with E-state index in [0.717, 1.165) is 23.0 Å². The van der Waals surface area contributed by atoms with Gasteiger partial charge in [-0.3, -0.25) is 9.89 Å². The number of H-pyrrole nitrogens is 1. The number of nitrogens with two attached hydrogens (primary N) is 1. The maximum atomic E-state index is 11.5. The number of aromatic amines is 1. The van der Waals surface area contributed by atoms with E-state index in [1.54, 1.807) is 32.7 Å².